The highest BCUT2D eigenvalue weighted by molar-refractivity contribution is 5.16. The van der Waals surface area contributed by atoms with Crippen LogP contribution in [-0.2, 0) is 4.74 Å². The van der Waals surface area contributed by atoms with Crippen LogP contribution in [-0.4, -0.2) is 41.2 Å². The maximum Gasteiger partial charge on any atom is 0.137 e. The number of aliphatic hydroxyl groups excluding tert-OH is 1. The zero-order chi connectivity index (χ0) is 25.7. The van der Waals surface area contributed by atoms with Crippen LogP contribution in [0.5, 0.6) is 0 Å². The summed E-state index contributed by atoms with van der Waals surface area (Å²) in [5, 5.41) is 12.6. The van der Waals surface area contributed by atoms with E-state index in [1.165, 1.54) is 116 Å². The zero-order valence-electron chi connectivity index (χ0n) is 24.0. The predicted molar refractivity (Wildman–Crippen MR) is 147 cm³/mol. The average molecular weight is 518 g/mol. The smallest absolute Gasteiger partial charge is 0.137 e. The van der Waals surface area contributed by atoms with Crippen molar-refractivity contribution in [3.05, 3.63) is 0 Å². The van der Waals surface area contributed by atoms with E-state index in [0.717, 1.165) is 24.7 Å². The molecule has 1 spiro atoms. The number of nitrogens with two attached hydrogens (primary N) is 2. The van der Waals surface area contributed by atoms with Gasteiger partial charge in [-0.05, 0) is 101 Å². The Bertz CT molecular complexity index is 787. The number of hydrogen-bond acceptors (Lipinski definition) is 3. The number of aliphatic hydroxyl groups is 1. The highest BCUT2D eigenvalue weighted by Gasteiger charge is 2.68. The van der Waals surface area contributed by atoms with Gasteiger partial charge in [0.1, 0.15) is 11.7 Å². The molecule has 3 heterocycles. The van der Waals surface area contributed by atoms with E-state index in [2.05, 4.69) is 12.2 Å². The molecule has 0 aromatic rings. The number of piperidine rings is 1. The summed E-state index contributed by atoms with van der Waals surface area (Å²) in [5.74, 6) is 3.53. The number of quaternary nitrogens is 2. The Morgan fingerprint density at radius 2 is 1.70 bits per heavy atom. The normalized spacial score (nSPS) is 48.5. The predicted octanol–water partition coefficient (Wildman–Crippen LogP) is 3.88. The van der Waals surface area contributed by atoms with Crippen molar-refractivity contribution in [3.8, 4) is 0 Å². The Morgan fingerprint density at radius 1 is 0.919 bits per heavy atom. The number of ether oxygens (including phenoxy) is 1. The van der Waals surface area contributed by atoms with E-state index >= 15 is 0 Å². The molecule has 5 nitrogen and oxygen atoms in total. The van der Waals surface area contributed by atoms with Crippen LogP contribution < -0.4 is 16.8 Å². The van der Waals surface area contributed by atoms with Crippen LogP contribution in [0.15, 0.2) is 0 Å². The quantitative estimate of drug-likeness (QED) is 0.430. The van der Waals surface area contributed by atoms with Gasteiger partial charge in [0.2, 0.25) is 0 Å². The Morgan fingerprint density at radius 3 is 2.41 bits per heavy atom. The van der Waals surface area contributed by atoms with Crippen molar-refractivity contribution < 1.29 is 20.9 Å². The summed E-state index contributed by atoms with van der Waals surface area (Å²) >= 11 is 0. The standard InChI is InChI=1S/C32H57N3O2/c1-29(25-7-3-2-4-8-25)27-11-14-32(37-29,22-31(27,34)15-16-36)26-18-24(17-23-9-10-28(33)35-21-23)19-30(20-26)12-5-6-13-30/h23-28,35-36H,2-22,33-34H2,1H3/p+2/t23?,24-,26+,27-,28?,29+,31+,32+/m1/s1. The van der Waals surface area contributed by atoms with Crippen molar-refractivity contribution in [2.75, 3.05) is 13.2 Å². The van der Waals surface area contributed by atoms with Gasteiger partial charge in [-0.3, -0.25) is 5.73 Å². The van der Waals surface area contributed by atoms with Gasteiger partial charge in [0.15, 0.2) is 0 Å². The highest BCUT2D eigenvalue weighted by atomic mass is 16.5. The molecule has 8 atom stereocenters. The molecule has 4 aliphatic carbocycles. The molecule has 212 valence electrons. The van der Waals surface area contributed by atoms with E-state index in [-0.39, 0.29) is 23.3 Å². The van der Waals surface area contributed by atoms with Crippen molar-refractivity contribution in [2.45, 2.75) is 152 Å². The highest BCUT2D eigenvalue weighted by Crippen LogP contribution is 2.65. The molecule has 4 saturated carbocycles. The van der Waals surface area contributed by atoms with Crippen LogP contribution in [0.1, 0.15) is 129 Å². The monoisotopic (exact) mass is 517 g/mol. The van der Waals surface area contributed by atoms with Crippen LogP contribution >= 0.6 is 0 Å². The summed E-state index contributed by atoms with van der Waals surface area (Å²) in [6, 6.07) is 0. The lowest BCUT2D eigenvalue weighted by Gasteiger charge is -2.67. The Balaban J connectivity index is 1.29. The first-order valence-corrected chi connectivity index (χ1v) is 16.5. The fourth-order valence-electron chi connectivity index (χ4n) is 11.6. The van der Waals surface area contributed by atoms with Gasteiger partial charge in [-0.15, -0.1) is 0 Å². The average Bonchev–Trinajstić information content (AvgIpc) is 3.32. The van der Waals surface area contributed by atoms with Crippen molar-refractivity contribution in [1.82, 2.24) is 0 Å². The van der Waals surface area contributed by atoms with E-state index in [0.29, 0.717) is 29.3 Å². The van der Waals surface area contributed by atoms with Gasteiger partial charge >= 0.3 is 0 Å². The maximum atomic E-state index is 10.2. The van der Waals surface area contributed by atoms with Gasteiger partial charge in [-0.2, -0.15) is 0 Å². The second kappa shape index (κ2) is 10.3. The third kappa shape index (κ3) is 4.96. The molecular formula is C32H59N3O2+2. The lowest BCUT2D eigenvalue weighted by Crippen LogP contribution is -2.95. The van der Waals surface area contributed by atoms with Crippen LogP contribution in [0.3, 0.4) is 0 Å². The van der Waals surface area contributed by atoms with Gasteiger partial charge in [0.05, 0.1) is 17.7 Å². The van der Waals surface area contributed by atoms with Crippen molar-refractivity contribution in [2.24, 2.45) is 40.7 Å². The van der Waals surface area contributed by atoms with E-state index in [1.54, 1.807) is 0 Å². The van der Waals surface area contributed by atoms with Crippen LogP contribution in [0, 0.1) is 35.0 Å². The minimum Gasteiger partial charge on any atom is -0.396 e. The molecule has 0 aromatic carbocycles. The van der Waals surface area contributed by atoms with E-state index < -0.39 is 0 Å². The summed E-state index contributed by atoms with van der Waals surface area (Å²) in [7, 11) is 0. The molecular weight excluding hydrogens is 458 g/mol. The molecule has 8 N–H and O–H groups in total. The second-order valence-corrected chi connectivity index (χ2v) is 15.5. The third-order valence-electron chi connectivity index (χ3n) is 13.2. The molecule has 3 saturated heterocycles. The molecule has 0 aromatic heterocycles. The fraction of sp³-hybridized carbons (Fsp3) is 1.00. The molecule has 37 heavy (non-hydrogen) atoms. The zero-order valence-corrected chi connectivity index (χ0v) is 24.0. The minimum absolute atomic E-state index is 0.0207. The van der Waals surface area contributed by atoms with E-state index in [9.17, 15) is 5.11 Å². The van der Waals surface area contributed by atoms with Gasteiger partial charge in [0, 0.05) is 37.7 Å². The first kappa shape index (κ1) is 27.0. The van der Waals surface area contributed by atoms with Crippen molar-refractivity contribution in [1.29, 1.82) is 0 Å². The summed E-state index contributed by atoms with van der Waals surface area (Å²) in [6.07, 6.45) is 25.5. The van der Waals surface area contributed by atoms with Crippen LogP contribution in [0.2, 0.25) is 0 Å². The summed E-state index contributed by atoms with van der Waals surface area (Å²) in [4.78, 5) is 0. The number of fused-ring (bicyclic) bond motifs is 3. The fourth-order valence-corrected chi connectivity index (χ4v) is 11.6. The minimum atomic E-state index is -0.0574. The molecule has 7 rings (SSSR count). The second-order valence-electron chi connectivity index (χ2n) is 15.5. The molecule has 0 amide bonds. The molecule has 7 fully saturated rings. The van der Waals surface area contributed by atoms with Crippen molar-refractivity contribution in [3.63, 3.8) is 0 Å². The first-order valence-electron chi connectivity index (χ1n) is 16.5. The Hall–Kier alpha value is -0.200. The Kier molecular flexibility index (Phi) is 7.53. The van der Waals surface area contributed by atoms with Crippen LogP contribution in [0.25, 0.3) is 0 Å². The van der Waals surface area contributed by atoms with Gasteiger partial charge < -0.3 is 20.9 Å². The lowest BCUT2D eigenvalue weighted by molar-refractivity contribution is -0.703. The third-order valence-corrected chi connectivity index (χ3v) is 13.2. The van der Waals surface area contributed by atoms with Gasteiger partial charge in [0.25, 0.3) is 0 Å². The Labute approximate surface area is 226 Å². The van der Waals surface area contributed by atoms with Crippen LogP contribution in [0.4, 0.5) is 0 Å². The lowest BCUT2D eigenvalue weighted by atomic mass is 9.49. The molecule has 5 heteroatoms. The largest absolute Gasteiger partial charge is 0.396 e. The molecule has 0 radical (unpaired) electrons. The van der Waals surface area contributed by atoms with E-state index in [4.69, 9.17) is 16.2 Å². The van der Waals surface area contributed by atoms with Crippen molar-refractivity contribution >= 4 is 0 Å². The first-order chi connectivity index (χ1) is 17.8. The topological polar surface area (TPSA) is 99.7 Å². The summed E-state index contributed by atoms with van der Waals surface area (Å²) in [5.41, 5.74) is 11.7. The van der Waals surface area contributed by atoms with E-state index in [1.807, 2.05) is 0 Å². The number of rotatable bonds is 6. The number of hydrogen-bond donors (Lipinski definition) is 4. The molecule has 2 bridgehead atoms. The molecule has 2 unspecified atom stereocenters. The van der Waals surface area contributed by atoms with Gasteiger partial charge in [-0.1, -0.05) is 32.1 Å². The summed E-state index contributed by atoms with van der Waals surface area (Å²) in [6.45, 7) is 4.01. The molecule has 7 aliphatic rings. The maximum absolute atomic E-state index is 10.2. The van der Waals surface area contributed by atoms with Gasteiger partial charge in [-0.25, -0.2) is 0 Å². The molecule has 3 aliphatic heterocycles. The SMILES string of the molecule is C[C@@]1(C2CCCCC2)O[C@@]2([C@H]3C[C@@H](CC4CCC(N)[NH2+]C4)CC4(CCCC4)C3)CC[C@H]1[C@]([NH3+])(CCO)C2. The summed E-state index contributed by atoms with van der Waals surface area (Å²) < 4.78 is 7.69.